The van der Waals surface area contributed by atoms with Gasteiger partial charge in [0.05, 0.1) is 11.3 Å². The van der Waals surface area contributed by atoms with Crippen molar-refractivity contribution in [1.29, 1.82) is 0 Å². The van der Waals surface area contributed by atoms with Crippen LogP contribution in [0.5, 0.6) is 0 Å². The number of fused-ring (bicyclic) bond motifs is 1. The van der Waals surface area contributed by atoms with Gasteiger partial charge < -0.3 is 15.1 Å². The number of nitrogens with two attached hydrogens (primary N) is 1. The highest BCUT2D eigenvalue weighted by Crippen LogP contribution is 2.34. The standard InChI is InChI=1S/C15H16N4OS/c1-9-2-3-13(20-9)11-6-19(7-12(11)16)14-10-4-5-21-15(10)18-8-17-14/h2-5,8,11-12H,6-7,16H2,1H3/t11-,12-/m1/s1. The highest BCUT2D eigenvalue weighted by atomic mass is 32.1. The van der Waals surface area contributed by atoms with Crippen LogP contribution in [0, 0.1) is 6.92 Å². The van der Waals surface area contributed by atoms with Crippen molar-refractivity contribution in [3.05, 3.63) is 41.4 Å². The molecular weight excluding hydrogens is 284 g/mol. The number of aromatic nitrogens is 2. The van der Waals surface area contributed by atoms with Gasteiger partial charge in [0.2, 0.25) is 0 Å². The molecule has 0 amide bonds. The molecule has 3 aromatic heterocycles. The van der Waals surface area contributed by atoms with Crippen LogP contribution in [0.15, 0.2) is 34.3 Å². The van der Waals surface area contributed by atoms with E-state index in [9.17, 15) is 0 Å². The molecule has 1 saturated heterocycles. The summed E-state index contributed by atoms with van der Waals surface area (Å²) in [6.07, 6.45) is 1.63. The Bertz CT molecular complexity index is 781. The van der Waals surface area contributed by atoms with Crippen LogP contribution in [0.2, 0.25) is 0 Å². The zero-order valence-corrected chi connectivity index (χ0v) is 12.5. The monoisotopic (exact) mass is 300 g/mol. The van der Waals surface area contributed by atoms with Crippen molar-refractivity contribution < 1.29 is 4.42 Å². The smallest absolute Gasteiger partial charge is 0.140 e. The number of anilines is 1. The third-order valence-corrected chi connectivity index (χ3v) is 4.85. The van der Waals surface area contributed by atoms with Crippen molar-refractivity contribution in [3.8, 4) is 0 Å². The highest BCUT2D eigenvalue weighted by Gasteiger charge is 2.34. The van der Waals surface area contributed by atoms with Crippen LogP contribution in [0.1, 0.15) is 17.4 Å². The number of hydrogen-bond acceptors (Lipinski definition) is 6. The maximum absolute atomic E-state index is 6.32. The Morgan fingerprint density at radius 3 is 3.00 bits per heavy atom. The lowest BCUT2D eigenvalue weighted by Crippen LogP contribution is -2.28. The first kappa shape index (κ1) is 12.8. The molecule has 1 aliphatic heterocycles. The Hall–Kier alpha value is -1.92. The van der Waals surface area contributed by atoms with Crippen LogP contribution in [-0.2, 0) is 0 Å². The summed E-state index contributed by atoms with van der Waals surface area (Å²) in [5.41, 5.74) is 6.32. The zero-order valence-electron chi connectivity index (χ0n) is 11.7. The molecule has 0 unspecified atom stereocenters. The van der Waals surface area contributed by atoms with Gasteiger partial charge in [-0.15, -0.1) is 11.3 Å². The molecule has 2 atom stereocenters. The van der Waals surface area contributed by atoms with Crippen LogP contribution < -0.4 is 10.6 Å². The van der Waals surface area contributed by atoms with E-state index in [4.69, 9.17) is 10.2 Å². The molecule has 3 aromatic rings. The molecule has 0 aliphatic carbocycles. The Morgan fingerprint density at radius 1 is 1.29 bits per heavy atom. The van der Waals surface area contributed by atoms with Gasteiger partial charge in [-0.3, -0.25) is 0 Å². The molecule has 6 heteroatoms. The highest BCUT2D eigenvalue weighted by molar-refractivity contribution is 7.16. The van der Waals surface area contributed by atoms with Gasteiger partial charge in [0.1, 0.15) is 28.5 Å². The van der Waals surface area contributed by atoms with Gasteiger partial charge in [0.25, 0.3) is 0 Å². The Morgan fingerprint density at radius 2 is 2.19 bits per heavy atom. The number of hydrogen-bond donors (Lipinski definition) is 1. The van der Waals surface area contributed by atoms with Crippen LogP contribution in [0.4, 0.5) is 5.82 Å². The molecule has 2 N–H and O–H groups in total. The molecule has 5 nitrogen and oxygen atoms in total. The minimum Gasteiger partial charge on any atom is -0.466 e. The maximum atomic E-state index is 6.32. The second kappa shape index (κ2) is 4.82. The summed E-state index contributed by atoms with van der Waals surface area (Å²) in [7, 11) is 0. The molecule has 1 fully saturated rings. The summed E-state index contributed by atoms with van der Waals surface area (Å²) in [4.78, 5) is 12.0. The number of furan rings is 1. The minimum absolute atomic E-state index is 0.0548. The molecule has 1 aliphatic rings. The predicted octanol–water partition coefficient (Wildman–Crippen LogP) is 2.52. The van der Waals surface area contributed by atoms with Gasteiger partial charge in [-0.1, -0.05) is 0 Å². The predicted molar refractivity (Wildman–Crippen MR) is 83.8 cm³/mol. The van der Waals surface area contributed by atoms with Crippen LogP contribution in [0.3, 0.4) is 0 Å². The van der Waals surface area contributed by atoms with Crippen molar-refractivity contribution in [2.24, 2.45) is 5.73 Å². The lowest BCUT2D eigenvalue weighted by atomic mass is 10.0. The van der Waals surface area contributed by atoms with E-state index in [1.54, 1.807) is 17.7 Å². The molecular formula is C15H16N4OS. The Balaban J connectivity index is 1.67. The quantitative estimate of drug-likeness (QED) is 0.787. The molecule has 4 rings (SSSR count). The minimum atomic E-state index is 0.0548. The molecule has 0 aromatic carbocycles. The number of rotatable bonds is 2. The first-order chi connectivity index (χ1) is 10.2. The number of nitrogens with zero attached hydrogens (tertiary/aromatic N) is 3. The van der Waals surface area contributed by atoms with E-state index in [-0.39, 0.29) is 12.0 Å². The largest absolute Gasteiger partial charge is 0.466 e. The summed E-state index contributed by atoms with van der Waals surface area (Å²) in [6, 6.07) is 6.15. The number of thiophene rings is 1. The van der Waals surface area contributed by atoms with Crippen molar-refractivity contribution >= 4 is 27.4 Å². The third-order valence-electron chi connectivity index (χ3n) is 4.03. The molecule has 21 heavy (non-hydrogen) atoms. The van der Waals surface area contributed by atoms with Gasteiger partial charge in [0.15, 0.2) is 0 Å². The summed E-state index contributed by atoms with van der Waals surface area (Å²) in [5.74, 6) is 3.08. The van der Waals surface area contributed by atoms with E-state index in [2.05, 4.69) is 20.9 Å². The van der Waals surface area contributed by atoms with E-state index >= 15 is 0 Å². The van der Waals surface area contributed by atoms with Gasteiger partial charge in [-0.05, 0) is 30.5 Å². The molecule has 0 radical (unpaired) electrons. The molecule has 0 spiro atoms. The summed E-state index contributed by atoms with van der Waals surface area (Å²) < 4.78 is 5.76. The second-order valence-electron chi connectivity index (χ2n) is 5.46. The van der Waals surface area contributed by atoms with Crippen LogP contribution >= 0.6 is 11.3 Å². The van der Waals surface area contributed by atoms with Crippen LogP contribution in [-0.4, -0.2) is 29.1 Å². The third kappa shape index (κ3) is 2.11. The first-order valence-electron chi connectivity index (χ1n) is 6.97. The maximum Gasteiger partial charge on any atom is 0.140 e. The van der Waals surface area contributed by atoms with Gasteiger partial charge in [-0.25, -0.2) is 9.97 Å². The number of aryl methyl sites for hydroxylation is 1. The molecule has 4 heterocycles. The first-order valence-corrected chi connectivity index (χ1v) is 7.85. The Kier molecular flexibility index (Phi) is 2.94. The lowest BCUT2D eigenvalue weighted by Gasteiger charge is -2.17. The summed E-state index contributed by atoms with van der Waals surface area (Å²) >= 11 is 1.63. The van der Waals surface area contributed by atoms with E-state index in [1.807, 2.05) is 24.4 Å². The van der Waals surface area contributed by atoms with Crippen LogP contribution in [0.25, 0.3) is 10.2 Å². The van der Waals surface area contributed by atoms with Gasteiger partial charge >= 0.3 is 0 Å². The normalized spacial score (nSPS) is 22.3. The van der Waals surface area contributed by atoms with Crippen molar-refractivity contribution in [2.45, 2.75) is 18.9 Å². The van der Waals surface area contributed by atoms with Gasteiger partial charge in [-0.2, -0.15) is 0 Å². The van der Waals surface area contributed by atoms with E-state index in [0.717, 1.165) is 40.6 Å². The topological polar surface area (TPSA) is 68.2 Å². The van der Waals surface area contributed by atoms with Gasteiger partial charge in [0, 0.05) is 19.1 Å². The van der Waals surface area contributed by atoms with E-state index in [0.29, 0.717) is 0 Å². The molecule has 0 bridgehead atoms. The van der Waals surface area contributed by atoms with Crippen molar-refractivity contribution in [2.75, 3.05) is 18.0 Å². The summed E-state index contributed by atoms with van der Waals surface area (Å²) in [6.45, 7) is 3.57. The van der Waals surface area contributed by atoms with Crippen molar-refractivity contribution in [3.63, 3.8) is 0 Å². The fraction of sp³-hybridized carbons (Fsp3) is 0.333. The fourth-order valence-corrected chi connectivity index (χ4v) is 3.71. The Labute approximate surface area is 126 Å². The SMILES string of the molecule is Cc1ccc([C@@H]2CN(c3ncnc4sccc34)C[C@H]2N)o1. The summed E-state index contributed by atoms with van der Waals surface area (Å²) in [5, 5.41) is 3.15. The average molecular weight is 300 g/mol. The molecule has 108 valence electrons. The van der Waals surface area contributed by atoms with E-state index in [1.165, 1.54) is 0 Å². The zero-order chi connectivity index (χ0) is 14.4. The van der Waals surface area contributed by atoms with E-state index < -0.39 is 0 Å². The average Bonchev–Trinajstić information content (AvgIpc) is 3.17. The second-order valence-corrected chi connectivity index (χ2v) is 6.36. The fourth-order valence-electron chi connectivity index (χ4n) is 2.98. The molecule has 0 saturated carbocycles. The van der Waals surface area contributed by atoms with Crippen molar-refractivity contribution in [1.82, 2.24) is 9.97 Å². The lowest BCUT2D eigenvalue weighted by molar-refractivity contribution is 0.438.